The van der Waals surface area contributed by atoms with Crippen molar-refractivity contribution in [3.63, 3.8) is 0 Å². The van der Waals surface area contributed by atoms with Crippen molar-refractivity contribution >= 4 is 5.97 Å². The van der Waals surface area contributed by atoms with Crippen LogP contribution in [0.3, 0.4) is 0 Å². The van der Waals surface area contributed by atoms with Gasteiger partial charge in [-0.05, 0) is 48.1 Å². The first-order valence-electron chi connectivity index (χ1n) is 6.45. The molecule has 2 aromatic carbocycles. The van der Waals surface area contributed by atoms with E-state index in [0.717, 1.165) is 5.56 Å². The van der Waals surface area contributed by atoms with Gasteiger partial charge in [-0.2, -0.15) is 0 Å². The Hall–Kier alpha value is -2.09. The molecule has 0 bridgehead atoms. The van der Waals surface area contributed by atoms with Crippen LogP contribution in [0.15, 0.2) is 42.5 Å². The van der Waals surface area contributed by atoms with Crippen molar-refractivity contribution < 1.29 is 9.90 Å². The molecule has 0 radical (unpaired) electrons. The Morgan fingerprint density at radius 1 is 1.05 bits per heavy atom. The Bertz CT molecular complexity index is 580. The average molecular weight is 254 g/mol. The molecule has 19 heavy (non-hydrogen) atoms. The highest BCUT2D eigenvalue weighted by Gasteiger charge is 2.06. The fourth-order valence-electron chi connectivity index (χ4n) is 2.40. The SMILES string of the molecule is Cc1cccc(C)c1-c1cccc(CCC(=O)O)c1. The Kier molecular flexibility index (Phi) is 4.00. The number of carbonyl (C=O) groups is 1. The molecule has 98 valence electrons. The van der Waals surface area contributed by atoms with Crippen molar-refractivity contribution in [1.82, 2.24) is 0 Å². The lowest BCUT2D eigenvalue weighted by Crippen LogP contribution is -1.97. The summed E-state index contributed by atoms with van der Waals surface area (Å²) in [5, 5.41) is 8.75. The minimum Gasteiger partial charge on any atom is -0.481 e. The molecule has 0 atom stereocenters. The number of hydrogen-bond donors (Lipinski definition) is 1. The standard InChI is InChI=1S/C17H18O2/c1-12-5-3-6-13(2)17(12)15-8-4-7-14(11-15)9-10-16(18)19/h3-8,11H,9-10H2,1-2H3,(H,18,19). The van der Waals surface area contributed by atoms with Crippen LogP contribution in [0.1, 0.15) is 23.1 Å². The molecule has 0 aliphatic carbocycles. The second-order valence-electron chi connectivity index (χ2n) is 4.86. The molecule has 0 aliphatic heterocycles. The largest absolute Gasteiger partial charge is 0.481 e. The quantitative estimate of drug-likeness (QED) is 0.895. The monoisotopic (exact) mass is 254 g/mol. The summed E-state index contributed by atoms with van der Waals surface area (Å²) in [4.78, 5) is 10.6. The molecular weight excluding hydrogens is 236 g/mol. The highest BCUT2D eigenvalue weighted by Crippen LogP contribution is 2.27. The van der Waals surface area contributed by atoms with E-state index in [1.54, 1.807) is 0 Å². The number of hydrogen-bond acceptors (Lipinski definition) is 1. The van der Waals surface area contributed by atoms with E-state index in [-0.39, 0.29) is 6.42 Å². The second-order valence-corrected chi connectivity index (χ2v) is 4.86. The van der Waals surface area contributed by atoms with Crippen LogP contribution in [0.5, 0.6) is 0 Å². The Morgan fingerprint density at radius 2 is 1.68 bits per heavy atom. The number of carboxylic acid groups (broad SMARTS) is 1. The van der Waals surface area contributed by atoms with Crippen molar-refractivity contribution in [2.45, 2.75) is 26.7 Å². The molecule has 0 saturated carbocycles. The molecule has 0 saturated heterocycles. The average Bonchev–Trinajstić information content (AvgIpc) is 2.37. The summed E-state index contributed by atoms with van der Waals surface area (Å²) in [6.07, 6.45) is 0.754. The summed E-state index contributed by atoms with van der Waals surface area (Å²) >= 11 is 0. The number of rotatable bonds is 4. The van der Waals surface area contributed by atoms with Gasteiger partial charge in [0, 0.05) is 6.42 Å². The number of benzene rings is 2. The fourth-order valence-corrected chi connectivity index (χ4v) is 2.40. The zero-order valence-corrected chi connectivity index (χ0v) is 11.3. The summed E-state index contributed by atoms with van der Waals surface area (Å²) in [6, 6.07) is 14.4. The van der Waals surface area contributed by atoms with E-state index in [1.165, 1.54) is 22.3 Å². The minimum atomic E-state index is -0.752. The van der Waals surface area contributed by atoms with Gasteiger partial charge in [0.25, 0.3) is 0 Å². The van der Waals surface area contributed by atoms with Gasteiger partial charge >= 0.3 is 5.97 Å². The van der Waals surface area contributed by atoms with E-state index in [4.69, 9.17) is 5.11 Å². The van der Waals surface area contributed by atoms with E-state index in [0.29, 0.717) is 6.42 Å². The van der Waals surface area contributed by atoms with Gasteiger partial charge < -0.3 is 5.11 Å². The fraction of sp³-hybridized carbons (Fsp3) is 0.235. The van der Waals surface area contributed by atoms with Crippen LogP contribution in [0, 0.1) is 13.8 Å². The normalized spacial score (nSPS) is 10.4. The van der Waals surface area contributed by atoms with Crippen LogP contribution >= 0.6 is 0 Å². The zero-order valence-electron chi connectivity index (χ0n) is 11.3. The number of aryl methyl sites for hydroxylation is 3. The minimum absolute atomic E-state index is 0.177. The molecule has 0 aromatic heterocycles. The lowest BCUT2D eigenvalue weighted by Gasteiger charge is -2.11. The van der Waals surface area contributed by atoms with E-state index < -0.39 is 5.97 Å². The van der Waals surface area contributed by atoms with E-state index >= 15 is 0 Å². The maximum atomic E-state index is 10.6. The van der Waals surface area contributed by atoms with Gasteiger partial charge in [0.1, 0.15) is 0 Å². The van der Waals surface area contributed by atoms with Crippen LogP contribution in [-0.2, 0) is 11.2 Å². The third kappa shape index (κ3) is 3.22. The maximum Gasteiger partial charge on any atom is 0.303 e. The summed E-state index contributed by atoms with van der Waals surface area (Å²) < 4.78 is 0. The van der Waals surface area contributed by atoms with Gasteiger partial charge in [-0.1, -0.05) is 42.5 Å². The first-order valence-corrected chi connectivity index (χ1v) is 6.45. The predicted octanol–water partition coefficient (Wildman–Crippen LogP) is 3.99. The van der Waals surface area contributed by atoms with Gasteiger partial charge in [0.05, 0.1) is 0 Å². The molecular formula is C17H18O2. The molecule has 0 fully saturated rings. The predicted molar refractivity (Wildman–Crippen MR) is 77.3 cm³/mol. The summed E-state index contributed by atoms with van der Waals surface area (Å²) in [5.41, 5.74) is 5.98. The molecule has 2 nitrogen and oxygen atoms in total. The molecule has 0 amide bonds. The highest BCUT2D eigenvalue weighted by molar-refractivity contribution is 5.71. The van der Waals surface area contributed by atoms with Gasteiger partial charge in [-0.3, -0.25) is 4.79 Å². The molecule has 0 heterocycles. The molecule has 2 aromatic rings. The maximum absolute atomic E-state index is 10.6. The zero-order chi connectivity index (χ0) is 13.8. The number of aliphatic carboxylic acids is 1. The van der Waals surface area contributed by atoms with Crippen molar-refractivity contribution in [2.75, 3.05) is 0 Å². The summed E-state index contributed by atoms with van der Waals surface area (Å²) in [7, 11) is 0. The first-order chi connectivity index (χ1) is 9.08. The highest BCUT2D eigenvalue weighted by atomic mass is 16.4. The third-order valence-corrected chi connectivity index (χ3v) is 3.32. The van der Waals surface area contributed by atoms with Crippen LogP contribution in [0.25, 0.3) is 11.1 Å². The Balaban J connectivity index is 2.35. The van der Waals surface area contributed by atoms with Gasteiger partial charge in [0.15, 0.2) is 0 Å². The molecule has 2 rings (SSSR count). The van der Waals surface area contributed by atoms with Crippen molar-refractivity contribution in [1.29, 1.82) is 0 Å². The van der Waals surface area contributed by atoms with Crippen LogP contribution in [0.2, 0.25) is 0 Å². The molecule has 0 aliphatic rings. The summed E-state index contributed by atoms with van der Waals surface area (Å²) in [6.45, 7) is 4.21. The van der Waals surface area contributed by atoms with Crippen molar-refractivity contribution in [2.24, 2.45) is 0 Å². The topological polar surface area (TPSA) is 37.3 Å². The molecule has 1 N–H and O–H groups in total. The molecule has 2 heteroatoms. The smallest absolute Gasteiger partial charge is 0.303 e. The van der Waals surface area contributed by atoms with E-state index in [1.807, 2.05) is 12.1 Å². The second kappa shape index (κ2) is 5.70. The lowest BCUT2D eigenvalue weighted by atomic mass is 9.94. The van der Waals surface area contributed by atoms with Crippen molar-refractivity contribution in [3.05, 3.63) is 59.2 Å². The number of carboxylic acids is 1. The lowest BCUT2D eigenvalue weighted by molar-refractivity contribution is -0.136. The van der Waals surface area contributed by atoms with Gasteiger partial charge in [0.2, 0.25) is 0 Å². The molecule has 0 unspecified atom stereocenters. The first kappa shape index (κ1) is 13.3. The Labute approximate surface area is 113 Å². The molecule has 0 spiro atoms. The van der Waals surface area contributed by atoms with Crippen LogP contribution < -0.4 is 0 Å². The van der Waals surface area contributed by atoms with Gasteiger partial charge in [-0.25, -0.2) is 0 Å². The van der Waals surface area contributed by atoms with Crippen LogP contribution in [0.4, 0.5) is 0 Å². The van der Waals surface area contributed by atoms with Crippen LogP contribution in [-0.4, -0.2) is 11.1 Å². The Morgan fingerprint density at radius 3 is 2.32 bits per heavy atom. The summed E-state index contributed by atoms with van der Waals surface area (Å²) in [5.74, 6) is -0.752. The van der Waals surface area contributed by atoms with E-state index in [2.05, 4.69) is 44.2 Å². The van der Waals surface area contributed by atoms with Gasteiger partial charge in [-0.15, -0.1) is 0 Å². The third-order valence-electron chi connectivity index (χ3n) is 3.32. The van der Waals surface area contributed by atoms with Crippen molar-refractivity contribution in [3.8, 4) is 11.1 Å². The van der Waals surface area contributed by atoms with E-state index in [9.17, 15) is 4.79 Å².